The fraction of sp³-hybridized carbons (Fsp3) is 0.412. The van der Waals surface area contributed by atoms with Crippen molar-refractivity contribution >= 4 is 40.1 Å². The molecule has 3 aromatic rings. The highest BCUT2D eigenvalue weighted by Gasteiger charge is 2.23. The van der Waals surface area contributed by atoms with Gasteiger partial charge in [0.05, 0.1) is 23.1 Å². The standard InChI is InChI=1S/C17H21ClN6OS/c18-15-13(7-8-26-15)21-16(25)14-6-5-10-9-20-17(23-24(10)14)22-12-4-2-1-3-11(12)19/h5-9,11-12,16,21,25H,1-4,19H2,(H,22,23)/t11-,12+,16?/m0/s1. The number of hydrogen-bond donors (Lipinski definition) is 4. The molecular weight excluding hydrogens is 372 g/mol. The number of nitrogens with two attached hydrogens (primary N) is 1. The van der Waals surface area contributed by atoms with Crippen LogP contribution in [0, 0.1) is 0 Å². The van der Waals surface area contributed by atoms with Crippen LogP contribution in [0.15, 0.2) is 29.8 Å². The lowest BCUT2D eigenvalue weighted by Gasteiger charge is -2.29. The maximum Gasteiger partial charge on any atom is 0.241 e. The zero-order chi connectivity index (χ0) is 18.1. The van der Waals surface area contributed by atoms with Gasteiger partial charge in [-0.05, 0) is 36.4 Å². The van der Waals surface area contributed by atoms with Crippen LogP contribution in [0.25, 0.3) is 5.52 Å². The van der Waals surface area contributed by atoms with Crippen molar-refractivity contribution in [3.63, 3.8) is 0 Å². The van der Waals surface area contributed by atoms with E-state index in [0.29, 0.717) is 21.7 Å². The maximum absolute atomic E-state index is 10.6. The van der Waals surface area contributed by atoms with E-state index in [4.69, 9.17) is 17.3 Å². The Bertz CT molecular complexity index is 896. The number of aromatic nitrogens is 3. The van der Waals surface area contributed by atoms with Gasteiger partial charge in [0.1, 0.15) is 4.34 Å². The molecule has 0 aliphatic heterocycles. The van der Waals surface area contributed by atoms with Crippen LogP contribution in [0.5, 0.6) is 0 Å². The molecule has 1 aliphatic rings. The third kappa shape index (κ3) is 3.50. The Balaban J connectivity index is 1.57. The number of rotatable bonds is 5. The van der Waals surface area contributed by atoms with E-state index in [2.05, 4.69) is 20.7 Å². The van der Waals surface area contributed by atoms with Gasteiger partial charge in [0.15, 0.2) is 6.23 Å². The number of fused-ring (bicyclic) bond motifs is 1. The maximum atomic E-state index is 10.6. The molecule has 3 aromatic heterocycles. The van der Waals surface area contributed by atoms with Gasteiger partial charge < -0.3 is 21.5 Å². The highest BCUT2D eigenvalue weighted by molar-refractivity contribution is 7.15. The Kier molecular flexibility index (Phi) is 4.99. The molecule has 3 atom stereocenters. The van der Waals surface area contributed by atoms with Gasteiger partial charge in [0.25, 0.3) is 0 Å². The summed E-state index contributed by atoms with van der Waals surface area (Å²) >= 11 is 7.51. The van der Waals surface area contributed by atoms with Crippen LogP contribution in [0.1, 0.15) is 37.6 Å². The molecule has 0 spiro atoms. The second-order valence-corrected chi connectivity index (χ2v) is 8.05. The SMILES string of the molecule is N[C@H]1CCCC[C@H]1Nc1ncc2ccc(C(O)Nc3ccsc3Cl)n2n1. The molecular formula is C17H21ClN6OS. The number of thiophene rings is 1. The lowest BCUT2D eigenvalue weighted by atomic mass is 9.91. The van der Waals surface area contributed by atoms with Crippen LogP contribution in [-0.2, 0) is 0 Å². The molecule has 138 valence electrons. The van der Waals surface area contributed by atoms with Gasteiger partial charge in [-0.2, -0.15) is 0 Å². The lowest BCUT2D eigenvalue weighted by Crippen LogP contribution is -2.43. The normalized spacial score (nSPS) is 21.7. The Labute approximate surface area is 160 Å². The van der Waals surface area contributed by atoms with E-state index in [9.17, 15) is 5.11 Å². The Hall–Kier alpha value is -1.87. The average Bonchev–Trinajstić information content (AvgIpc) is 3.23. The number of aliphatic hydroxyl groups excluding tert-OH is 1. The summed E-state index contributed by atoms with van der Waals surface area (Å²) in [5, 5.41) is 23.3. The lowest BCUT2D eigenvalue weighted by molar-refractivity contribution is 0.201. The molecule has 0 aromatic carbocycles. The fourth-order valence-corrected chi connectivity index (χ4v) is 4.17. The quantitative estimate of drug-likeness (QED) is 0.497. The zero-order valence-corrected chi connectivity index (χ0v) is 15.7. The molecule has 4 rings (SSSR count). The highest BCUT2D eigenvalue weighted by atomic mass is 35.5. The highest BCUT2D eigenvalue weighted by Crippen LogP contribution is 2.30. The summed E-state index contributed by atoms with van der Waals surface area (Å²) in [5.74, 6) is 0.512. The van der Waals surface area contributed by atoms with E-state index in [0.717, 1.165) is 24.8 Å². The van der Waals surface area contributed by atoms with E-state index in [1.54, 1.807) is 10.7 Å². The van der Waals surface area contributed by atoms with Crippen molar-refractivity contribution in [2.45, 2.75) is 44.0 Å². The number of hydrogen-bond acceptors (Lipinski definition) is 7. The van der Waals surface area contributed by atoms with Crippen LogP contribution in [-0.4, -0.2) is 31.8 Å². The molecule has 7 nitrogen and oxygen atoms in total. The summed E-state index contributed by atoms with van der Waals surface area (Å²) in [6.07, 6.45) is 5.15. The van der Waals surface area contributed by atoms with Crippen molar-refractivity contribution in [2.24, 2.45) is 5.73 Å². The largest absolute Gasteiger partial charge is 0.368 e. The van der Waals surface area contributed by atoms with Gasteiger partial charge in [-0.1, -0.05) is 24.4 Å². The number of halogens is 1. The van der Waals surface area contributed by atoms with Crippen molar-refractivity contribution in [1.29, 1.82) is 0 Å². The smallest absolute Gasteiger partial charge is 0.241 e. The first-order valence-corrected chi connectivity index (χ1v) is 9.92. The number of anilines is 2. The van der Waals surface area contributed by atoms with Gasteiger partial charge in [0, 0.05) is 12.1 Å². The summed E-state index contributed by atoms with van der Waals surface area (Å²) in [7, 11) is 0. The fourth-order valence-electron chi connectivity index (χ4n) is 3.32. The first-order valence-electron chi connectivity index (χ1n) is 8.66. The van der Waals surface area contributed by atoms with E-state index in [-0.39, 0.29) is 12.1 Å². The van der Waals surface area contributed by atoms with Crippen molar-refractivity contribution in [3.05, 3.63) is 39.8 Å². The molecule has 1 saturated carbocycles. The van der Waals surface area contributed by atoms with E-state index in [1.807, 2.05) is 23.6 Å². The number of nitrogens with one attached hydrogen (secondary N) is 2. The first kappa shape index (κ1) is 17.5. The minimum Gasteiger partial charge on any atom is -0.368 e. The molecule has 26 heavy (non-hydrogen) atoms. The summed E-state index contributed by atoms with van der Waals surface area (Å²) in [6, 6.07) is 5.80. The molecule has 5 N–H and O–H groups in total. The van der Waals surface area contributed by atoms with Crippen LogP contribution < -0.4 is 16.4 Å². The molecule has 1 unspecified atom stereocenters. The number of nitrogens with zero attached hydrogens (tertiary/aromatic N) is 3. The van der Waals surface area contributed by atoms with Gasteiger partial charge in [-0.25, -0.2) is 9.50 Å². The third-order valence-electron chi connectivity index (χ3n) is 4.75. The van der Waals surface area contributed by atoms with Crippen LogP contribution in [0.2, 0.25) is 4.34 Å². The van der Waals surface area contributed by atoms with Gasteiger partial charge in [-0.15, -0.1) is 16.4 Å². The monoisotopic (exact) mass is 392 g/mol. The Morgan fingerprint density at radius 2 is 2.15 bits per heavy atom. The molecule has 0 radical (unpaired) electrons. The third-order valence-corrected chi connectivity index (χ3v) is 5.92. The Morgan fingerprint density at radius 3 is 2.92 bits per heavy atom. The second kappa shape index (κ2) is 7.40. The van der Waals surface area contributed by atoms with Crippen LogP contribution in [0.4, 0.5) is 11.6 Å². The molecule has 3 heterocycles. The summed E-state index contributed by atoms with van der Waals surface area (Å²) in [4.78, 5) is 4.38. The van der Waals surface area contributed by atoms with Crippen molar-refractivity contribution in [3.8, 4) is 0 Å². The molecule has 1 aliphatic carbocycles. The second-order valence-electron chi connectivity index (χ2n) is 6.53. The number of aliphatic hydroxyl groups is 1. The summed E-state index contributed by atoms with van der Waals surface area (Å²) in [6.45, 7) is 0. The van der Waals surface area contributed by atoms with E-state index >= 15 is 0 Å². The predicted octanol–water partition coefficient (Wildman–Crippen LogP) is 3.23. The topological polar surface area (TPSA) is 100 Å². The summed E-state index contributed by atoms with van der Waals surface area (Å²) in [5.41, 5.74) is 8.31. The predicted molar refractivity (Wildman–Crippen MR) is 105 cm³/mol. The molecule has 0 bridgehead atoms. The van der Waals surface area contributed by atoms with E-state index in [1.165, 1.54) is 17.8 Å². The zero-order valence-electron chi connectivity index (χ0n) is 14.1. The first-order chi connectivity index (χ1) is 12.6. The molecule has 1 fully saturated rings. The molecule has 9 heteroatoms. The summed E-state index contributed by atoms with van der Waals surface area (Å²) < 4.78 is 2.29. The van der Waals surface area contributed by atoms with Gasteiger partial charge >= 0.3 is 0 Å². The average molecular weight is 393 g/mol. The van der Waals surface area contributed by atoms with Crippen molar-refractivity contribution in [1.82, 2.24) is 14.6 Å². The molecule has 0 amide bonds. The van der Waals surface area contributed by atoms with Crippen LogP contribution >= 0.6 is 22.9 Å². The van der Waals surface area contributed by atoms with Crippen molar-refractivity contribution in [2.75, 3.05) is 10.6 Å². The minimum atomic E-state index is -0.940. The van der Waals surface area contributed by atoms with Crippen LogP contribution in [0.3, 0.4) is 0 Å². The van der Waals surface area contributed by atoms with Crippen molar-refractivity contribution < 1.29 is 5.11 Å². The van der Waals surface area contributed by atoms with Gasteiger partial charge in [-0.3, -0.25) is 0 Å². The van der Waals surface area contributed by atoms with E-state index < -0.39 is 6.23 Å². The minimum absolute atomic E-state index is 0.111. The molecule has 0 saturated heterocycles. The van der Waals surface area contributed by atoms with Gasteiger partial charge in [0.2, 0.25) is 5.95 Å². The Morgan fingerprint density at radius 1 is 1.31 bits per heavy atom.